The van der Waals surface area contributed by atoms with E-state index < -0.39 is 23.5 Å². The summed E-state index contributed by atoms with van der Waals surface area (Å²) in [6.45, 7) is 0. The van der Waals surface area contributed by atoms with Crippen LogP contribution in [0.5, 0.6) is 0 Å². The van der Waals surface area contributed by atoms with Gasteiger partial charge < -0.3 is 0 Å². The van der Waals surface area contributed by atoms with E-state index in [4.69, 9.17) is 0 Å². The molecule has 1 aromatic carbocycles. The summed E-state index contributed by atoms with van der Waals surface area (Å²) in [5, 5.41) is 2.53. The summed E-state index contributed by atoms with van der Waals surface area (Å²) in [4.78, 5) is 21.5. The third kappa shape index (κ3) is 1.05. The minimum Gasteiger partial charge on any atom is -0.291 e. The van der Waals surface area contributed by atoms with Crippen molar-refractivity contribution in [2.75, 3.05) is 0 Å². The van der Waals surface area contributed by atoms with E-state index in [1.54, 1.807) is 0 Å². The SMILES string of the molecule is O=NC1Cc2c(F)ccc(F)c2C1=O. The topological polar surface area (TPSA) is 46.5 Å². The molecule has 0 amide bonds. The number of benzene rings is 1. The van der Waals surface area contributed by atoms with Crippen molar-refractivity contribution < 1.29 is 13.6 Å². The van der Waals surface area contributed by atoms with E-state index in [-0.39, 0.29) is 17.5 Å². The quantitative estimate of drug-likeness (QED) is 0.645. The van der Waals surface area contributed by atoms with Crippen LogP contribution in [0.3, 0.4) is 0 Å². The van der Waals surface area contributed by atoms with Crippen LogP contribution in [0.4, 0.5) is 8.78 Å². The van der Waals surface area contributed by atoms with Gasteiger partial charge in [0.2, 0.25) is 0 Å². The molecular weight excluding hydrogens is 192 g/mol. The van der Waals surface area contributed by atoms with Crippen molar-refractivity contribution in [3.8, 4) is 0 Å². The highest BCUT2D eigenvalue weighted by molar-refractivity contribution is 6.04. The Morgan fingerprint density at radius 1 is 1.29 bits per heavy atom. The first-order valence-electron chi connectivity index (χ1n) is 3.98. The molecule has 1 aromatic rings. The average molecular weight is 197 g/mol. The van der Waals surface area contributed by atoms with E-state index in [9.17, 15) is 18.5 Å². The van der Waals surface area contributed by atoms with Gasteiger partial charge in [-0.2, -0.15) is 4.91 Å². The summed E-state index contributed by atoms with van der Waals surface area (Å²) in [7, 11) is 0. The number of fused-ring (bicyclic) bond motifs is 1. The van der Waals surface area contributed by atoms with Gasteiger partial charge in [0.1, 0.15) is 11.6 Å². The number of halogens is 2. The molecule has 0 heterocycles. The molecule has 0 bridgehead atoms. The maximum Gasteiger partial charge on any atom is 0.194 e. The van der Waals surface area contributed by atoms with Gasteiger partial charge in [0.15, 0.2) is 11.8 Å². The lowest BCUT2D eigenvalue weighted by atomic mass is 10.1. The Labute approximate surface area is 77.7 Å². The summed E-state index contributed by atoms with van der Waals surface area (Å²) in [6, 6.07) is 0.643. The Kier molecular flexibility index (Phi) is 1.87. The standard InChI is InChI=1S/C9H5F2NO2/c10-5-1-2-6(11)8-4(5)3-7(12-14)9(8)13/h1-2,7H,3H2. The van der Waals surface area contributed by atoms with Crippen LogP contribution in [0.25, 0.3) is 0 Å². The molecular formula is C9H5F2NO2. The molecule has 0 radical (unpaired) electrons. The summed E-state index contributed by atoms with van der Waals surface area (Å²) in [6.07, 6.45) is -0.138. The van der Waals surface area contributed by atoms with Gasteiger partial charge in [0.25, 0.3) is 0 Å². The molecule has 2 rings (SSSR count). The molecule has 0 spiro atoms. The van der Waals surface area contributed by atoms with Gasteiger partial charge in [-0.05, 0) is 12.1 Å². The van der Waals surface area contributed by atoms with E-state index in [2.05, 4.69) is 5.18 Å². The lowest BCUT2D eigenvalue weighted by Gasteiger charge is -1.98. The van der Waals surface area contributed by atoms with Crippen molar-refractivity contribution in [1.82, 2.24) is 0 Å². The van der Waals surface area contributed by atoms with Crippen molar-refractivity contribution in [3.05, 3.63) is 39.8 Å². The van der Waals surface area contributed by atoms with Crippen molar-refractivity contribution >= 4 is 5.78 Å². The largest absolute Gasteiger partial charge is 0.291 e. The maximum atomic E-state index is 13.1. The van der Waals surface area contributed by atoms with Crippen LogP contribution < -0.4 is 0 Å². The van der Waals surface area contributed by atoms with Crippen LogP contribution in [-0.4, -0.2) is 11.8 Å². The van der Waals surface area contributed by atoms with E-state index in [1.807, 2.05) is 0 Å². The Hall–Kier alpha value is -1.65. The molecule has 5 heteroatoms. The maximum absolute atomic E-state index is 13.1. The van der Waals surface area contributed by atoms with E-state index in [0.29, 0.717) is 0 Å². The fourth-order valence-electron chi connectivity index (χ4n) is 1.60. The van der Waals surface area contributed by atoms with Crippen molar-refractivity contribution in [2.24, 2.45) is 5.18 Å². The first-order valence-corrected chi connectivity index (χ1v) is 3.98. The smallest absolute Gasteiger partial charge is 0.194 e. The number of rotatable bonds is 1. The predicted molar refractivity (Wildman–Crippen MR) is 44.0 cm³/mol. The predicted octanol–water partition coefficient (Wildman–Crippen LogP) is 1.84. The molecule has 0 saturated carbocycles. The highest BCUT2D eigenvalue weighted by Crippen LogP contribution is 2.28. The third-order valence-electron chi connectivity index (χ3n) is 2.28. The molecule has 1 aliphatic rings. The van der Waals surface area contributed by atoms with Crippen molar-refractivity contribution in [1.29, 1.82) is 0 Å². The van der Waals surface area contributed by atoms with Crippen LogP contribution >= 0.6 is 0 Å². The first-order chi connectivity index (χ1) is 6.65. The monoisotopic (exact) mass is 197 g/mol. The molecule has 0 N–H and O–H groups in total. The minimum absolute atomic E-state index is 0.0420. The fourth-order valence-corrected chi connectivity index (χ4v) is 1.60. The number of carbonyl (C=O) groups is 1. The number of Topliss-reactive ketones (excluding diaryl/α,β-unsaturated/α-hetero) is 1. The molecule has 0 aromatic heterocycles. The Morgan fingerprint density at radius 2 is 1.93 bits per heavy atom. The van der Waals surface area contributed by atoms with Crippen LogP contribution in [0.2, 0.25) is 0 Å². The van der Waals surface area contributed by atoms with Gasteiger partial charge >= 0.3 is 0 Å². The zero-order valence-electron chi connectivity index (χ0n) is 6.96. The molecule has 0 fully saturated rings. The fraction of sp³-hybridized carbons (Fsp3) is 0.222. The summed E-state index contributed by atoms with van der Waals surface area (Å²) < 4.78 is 26.2. The number of hydrogen-bond donors (Lipinski definition) is 0. The van der Waals surface area contributed by atoms with Crippen molar-refractivity contribution in [3.63, 3.8) is 0 Å². The number of ketones is 1. The van der Waals surface area contributed by atoms with Crippen LogP contribution in [0, 0.1) is 16.5 Å². The second-order valence-corrected chi connectivity index (χ2v) is 3.07. The Balaban J connectivity index is 2.63. The number of hydrogen-bond acceptors (Lipinski definition) is 3. The third-order valence-corrected chi connectivity index (χ3v) is 2.28. The average Bonchev–Trinajstić information content (AvgIpc) is 2.51. The number of nitrogens with zero attached hydrogens (tertiary/aromatic N) is 1. The number of carbonyl (C=O) groups excluding carboxylic acids is 1. The Bertz CT molecular complexity index is 431. The highest BCUT2D eigenvalue weighted by Gasteiger charge is 2.36. The summed E-state index contributed by atoms with van der Waals surface area (Å²) >= 11 is 0. The summed E-state index contributed by atoms with van der Waals surface area (Å²) in [5.41, 5.74) is -0.366. The Morgan fingerprint density at radius 3 is 2.50 bits per heavy atom. The molecule has 0 aliphatic heterocycles. The molecule has 72 valence electrons. The summed E-state index contributed by atoms with van der Waals surface area (Å²) in [5.74, 6) is -2.19. The molecule has 3 nitrogen and oxygen atoms in total. The normalized spacial score (nSPS) is 19.6. The molecule has 1 unspecified atom stereocenters. The number of nitroso groups, excluding NO2 is 1. The van der Waals surface area contributed by atoms with Crippen LogP contribution in [-0.2, 0) is 6.42 Å². The van der Waals surface area contributed by atoms with Gasteiger partial charge in [-0.15, -0.1) is 0 Å². The van der Waals surface area contributed by atoms with Crippen LogP contribution in [0.1, 0.15) is 15.9 Å². The van der Waals surface area contributed by atoms with Crippen molar-refractivity contribution in [2.45, 2.75) is 12.5 Å². The highest BCUT2D eigenvalue weighted by atomic mass is 19.1. The van der Waals surface area contributed by atoms with E-state index >= 15 is 0 Å². The van der Waals surface area contributed by atoms with Gasteiger partial charge in [0, 0.05) is 12.0 Å². The first kappa shape index (κ1) is 8.93. The molecule has 14 heavy (non-hydrogen) atoms. The molecule has 1 aliphatic carbocycles. The molecule has 0 saturated heterocycles. The minimum atomic E-state index is -1.17. The lowest BCUT2D eigenvalue weighted by Crippen LogP contribution is -2.12. The zero-order chi connectivity index (χ0) is 10.3. The zero-order valence-corrected chi connectivity index (χ0v) is 6.96. The van der Waals surface area contributed by atoms with Gasteiger partial charge in [-0.25, -0.2) is 8.78 Å². The van der Waals surface area contributed by atoms with E-state index in [0.717, 1.165) is 12.1 Å². The second-order valence-electron chi connectivity index (χ2n) is 3.07. The van der Waals surface area contributed by atoms with Gasteiger partial charge in [0.05, 0.1) is 5.56 Å². The van der Waals surface area contributed by atoms with Gasteiger partial charge in [-0.1, -0.05) is 5.18 Å². The lowest BCUT2D eigenvalue weighted by molar-refractivity contribution is 0.0971. The van der Waals surface area contributed by atoms with Gasteiger partial charge in [-0.3, -0.25) is 4.79 Å². The molecule has 1 atom stereocenters. The second kappa shape index (κ2) is 2.94. The van der Waals surface area contributed by atoms with E-state index in [1.165, 1.54) is 0 Å². The van der Waals surface area contributed by atoms with Crippen LogP contribution in [0.15, 0.2) is 17.3 Å².